The first-order valence-electron chi connectivity index (χ1n) is 6.77. The highest BCUT2D eigenvalue weighted by molar-refractivity contribution is 7.08. The normalized spacial score (nSPS) is 13.4. The summed E-state index contributed by atoms with van der Waals surface area (Å²) in [4.78, 5) is 23.3. The van der Waals surface area contributed by atoms with Gasteiger partial charge in [-0.3, -0.25) is 9.59 Å². The number of halogens is 1. The van der Waals surface area contributed by atoms with Gasteiger partial charge in [0.05, 0.1) is 18.4 Å². The highest BCUT2D eigenvalue weighted by atomic mass is 32.1. The van der Waals surface area contributed by atoms with Crippen LogP contribution in [0, 0.1) is 5.82 Å². The van der Waals surface area contributed by atoms with Gasteiger partial charge in [0.25, 0.3) is 0 Å². The molecule has 0 saturated carbocycles. The van der Waals surface area contributed by atoms with Crippen molar-refractivity contribution in [2.45, 2.75) is 25.3 Å². The molecular weight excluding hydrogens is 305 g/mol. The molecule has 1 heterocycles. The molecule has 116 valence electrons. The van der Waals surface area contributed by atoms with E-state index in [1.54, 1.807) is 6.92 Å². The number of carboxylic acid groups (broad SMARTS) is 1. The van der Waals surface area contributed by atoms with Crippen molar-refractivity contribution in [3.8, 4) is 0 Å². The molecule has 6 heteroatoms. The van der Waals surface area contributed by atoms with Crippen LogP contribution in [-0.4, -0.2) is 17.0 Å². The number of benzene rings is 1. The van der Waals surface area contributed by atoms with E-state index in [1.165, 1.54) is 35.6 Å². The zero-order chi connectivity index (χ0) is 16.1. The van der Waals surface area contributed by atoms with E-state index in [4.69, 9.17) is 5.11 Å². The van der Waals surface area contributed by atoms with E-state index in [9.17, 15) is 14.0 Å². The van der Waals surface area contributed by atoms with Crippen molar-refractivity contribution in [3.05, 3.63) is 58.0 Å². The molecule has 0 aliphatic heterocycles. The first kappa shape index (κ1) is 16.2. The van der Waals surface area contributed by atoms with E-state index >= 15 is 0 Å². The molecule has 2 aromatic rings. The second-order valence-corrected chi connectivity index (χ2v) is 5.77. The van der Waals surface area contributed by atoms with Crippen LogP contribution >= 0.6 is 11.3 Å². The molecule has 22 heavy (non-hydrogen) atoms. The summed E-state index contributed by atoms with van der Waals surface area (Å²) in [7, 11) is 0. The lowest BCUT2D eigenvalue weighted by Crippen LogP contribution is -2.33. The van der Waals surface area contributed by atoms with Crippen LogP contribution in [0.5, 0.6) is 0 Å². The molecule has 2 atom stereocenters. The second kappa shape index (κ2) is 7.17. The lowest BCUT2D eigenvalue weighted by atomic mass is 10.00. The van der Waals surface area contributed by atoms with Crippen LogP contribution in [0.25, 0.3) is 0 Å². The van der Waals surface area contributed by atoms with E-state index in [-0.39, 0.29) is 18.2 Å². The molecule has 0 saturated heterocycles. The van der Waals surface area contributed by atoms with Crippen LogP contribution < -0.4 is 5.32 Å². The Bertz CT molecular complexity index is 640. The maximum absolute atomic E-state index is 13.0. The van der Waals surface area contributed by atoms with Gasteiger partial charge >= 0.3 is 5.97 Å². The average molecular weight is 321 g/mol. The number of hydrogen-bond acceptors (Lipinski definition) is 3. The van der Waals surface area contributed by atoms with Crippen molar-refractivity contribution in [1.82, 2.24) is 5.32 Å². The lowest BCUT2D eigenvalue weighted by Gasteiger charge is -2.20. The fourth-order valence-electron chi connectivity index (χ4n) is 2.09. The maximum Gasteiger partial charge on any atom is 0.305 e. The third-order valence-corrected chi connectivity index (χ3v) is 4.11. The SMILES string of the molecule is C[C@@H](C(=O)N[C@@H](CC(=O)O)c1ccc(F)cc1)c1ccsc1. The highest BCUT2D eigenvalue weighted by Gasteiger charge is 2.22. The summed E-state index contributed by atoms with van der Waals surface area (Å²) in [5.74, 6) is -2.06. The predicted molar refractivity (Wildman–Crippen MR) is 82.3 cm³/mol. The number of hydrogen-bond donors (Lipinski definition) is 2. The van der Waals surface area contributed by atoms with Gasteiger partial charge < -0.3 is 10.4 Å². The fourth-order valence-corrected chi connectivity index (χ4v) is 2.85. The Hall–Kier alpha value is -2.21. The maximum atomic E-state index is 13.0. The number of aliphatic carboxylic acids is 1. The Morgan fingerprint density at radius 1 is 1.23 bits per heavy atom. The topological polar surface area (TPSA) is 66.4 Å². The number of rotatable bonds is 6. The lowest BCUT2D eigenvalue weighted by molar-refractivity contribution is -0.137. The summed E-state index contributed by atoms with van der Waals surface area (Å²) in [5.41, 5.74) is 1.45. The fraction of sp³-hybridized carbons (Fsp3) is 0.250. The molecule has 0 unspecified atom stereocenters. The number of carbonyl (C=O) groups is 2. The Labute approximate surface area is 131 Å². The summed E-state index contributed by atoms with van der Waals surface area (Å²) in [6.07, 6.45) is -0.256. The Kier molecular flexibility index (Phi) is 5.27. The van der Waals surface area contributed by atoms with Crippen molar-refractivity contribution in [3.63, 3.8) is 0 Å². The zero-order valence-corrected chi connectivity index (χ0v) is 12.8. The first-order chi connectivity index (χ1) is 10.5. The number of amides is 1. The summed E-state index contributed by atoms with van der Waals surface area (Å²) in [6, 6.07) is 6.64. The Morgan fingerprint density at radius 3 is 2.45 bits per heavy atom. The minimum atomic E-state index is -1.03. The van der Waals surface area contributed by atoms with Gasteiger partial charge in [0.1, 0.15) is 5.82 Å². The van der Waals surface area contributed by atoms with Gasteiger partial charge in [0.2, 0.25) is 5.91 Å². The smallest absolute Gasteiger partial charge is 0.305 e. The second-order valence-electron chi connectivity index (χ2n) is 4.99. The van der Waals surface area contributed by atoms with E-state index in [0.717, 1.165) is 5.56 Å². The van der Waals surface area contributed by atoms with Crippen molar-refractivity contribution in [1.29, 1.82) is 0 Å². The largest absolute Gasteiger partial charge is 0.481 e. The van der Waals surface area contributed by atoms with Gasteiger partial charge in [-0.05, 0) is 47.0 Å². The van der Waals surface area contributed by atoms with Crippen LogP contribution in [0.1, 0.15) is 36.4 Å². The van der Waals surface area contributed by atoms with Gasteiger partial charge in [-0.25, -0.2) is 4.39 Å². The van der Waals surface area contributed by atoms with Crippen molar-refractivity contribution >= 4 is 23.2 Å². The van der Waals surface area contributed by atoms with Gasteiger partial charge in [-0.1, -0.05) is 12.1 Å². The molecule has 0 aliphatic rings. The monoisotopic (exact) mass is 321 g/mol. The number of carboxylic acids is 1. The van der Waals surface area contributed by atoms with Gasteiger partial charge in [-0.15, -0.1) is 0 Å². The first-order valence-corrected chi connectivity index (χ1v) is 7.71. The number of nitrogens with one attached hydrogen (secondary N) is 1. The van der Waals surface area contributed by atoms with E-state index in [2.05, 4.69) is 5.32 Å². The molecule has 1 aromatic carbocycles. The molecule has 1 amide bonds. The minimum absolute atomic E-state index is 0.256. The standard InChI is InChI=1S/C16H16FNO3S/c1-10(12-6-7-22-9-12)16(21)18-14(8-15(19)20)11-2-4-13(17)5-3-11/h2-7,9-10,14H,8H2,1H3,(H,18,21)(H,19,20)/t10-,14+/m1/s1. The Balaban J connectivity index is 2.14. The van der Waals surface area contributed by atoms with Crippen molar-refractivity contribution in [2.24, 2.45) is 0 Å². The van der Waals surface area contributed by atoms with Crippen LogP contribution in [0.3, 0.4) is 0 Å². The van der Waals surface area contributed by atoms with E-state index in [0.29, 0.717) is 5.56 Å². The predicted octanol–water partition coefficient (Wildman–Crippen LogP) is 3.32. The third-order valence-electron chi connectivity index (χ3n) is 3.40. The van der Waals surface area contributed by atoms with Gasteiger partial charge in [0.15, 0.2) is 0 Å². The third kappa shape index (κ3) is 4.14. The minimum Gasteiger partial charge on any atom is -0.481 e. The quantitative estimate of drug-likeness (QED) is 0.857. The molecule has 1 aromatic heterocycles. The van der Waals surface area contributed by atoms with E-state index < -0.39 is 17.8 Å². The zero-order valence-electron chi connectivity index (χ0n) is 12.0. The summed E-state index contributed by atoms with van der Waals surface area (Å²) in [6.45, 7) is 1.76. The molecule has 2 rings (SSSR count). The molecule has 0 aliphatic carbocycles. The van der Waals surface area contributed by atoms with Crippen molar-refractivity contribution in [2.75, 3.05) is 0 Å². The van der Waals surface area contributed by atoms with Gasteiger partial charge in [-0.2, -0.15) is 11.3 Å². The van der Waals surface area contributed by atoms with E-state index in [1.807, 2.05) is 16.8 Å². The summed E-state index contributed by atoms with van der Waals surface area (Å²) >= 11 is 1.50. The molecule has 2 N–H and O–H groups in total. The highest BCUT2D eigenvalue weighted by Crippen LogP contribution is 2.22. The molecule has 0 spiro atoms. The Morgan fingerprint density at radius 2 is 1.91 bits per heavy atom. The molecule has 0 fully saturated rings. The van der Waals surface area contributed by atoms with Crippen LogP contribution in [0.15, 0.2) is 41.1 Å². The van der Waals surface area contributed by atoms with Crippen molar-refractivity contribution < 1.29 is 19.1 Å². The van der Waals surface area contributed by atoms with Crippen LogP contribution in [-0.2, 0) is 9.59 Å². The molecule has 4 nitrogen and oxygen atoms in total. The summed E-state index contributed by atoms with van der Waals surface area (Å²) < 4.78 is 13.0. The van der Waals surface area contributed by atoms with Crippen LogP contribution in [0.2, 0.25) is 0 Å². The number of carbonyl (C=O) groups excluding carboxylic acids is 1. The molecular formula is C16H16FNO3S. The molecule has 0 bridgehead atoms. The average Bonchev–Trinajstić information content (AvgIpc) is 3.00. The number of thiophene rings is 1. The molecule has 0 radical (unpaired) electrons. The summed E-state index contributed by atoms with van der Waals surface area (Å²) in [5, 5.41) is 15.5. The van der Waals surface area contributed by atoms with Crippen LogP contribution in [0.4, 0.5) is 4.39 Å². The van der Waals surface area contributed by atoms with Gasteiger partial charge in [0, 0.05) is 0 Å².